The van der Waals surface area contributed by atoms with Crippen LogP contribution in [0.5, 0.6) is 5.75 Å². The molecule has 4 heterocycles. The van der Waals surface area contributed by atoms with Gasteiger partial charge in [-0.2, -0.15) is 0 Å². The number of hydrogen-bond acceptors (Lipinski definition) is 5. The molecule has 1 aliphatic rings. The zero-order chi connectivity index (χ0) is 21.2. The summed E-state index contributed by atoms with van der Waals surface area (Å²) in [7, 11) is 3.93. The first kappa shape index (κ1) is 19.7. The molecule has 1 atom stereocenters. The van der Waals surface area contributed by atoms with Crippen LogP contribution < -0.4 is 4.74 Å². The van der Waals surface area contributed by atoms with Gasteiger partial charge in [0.25, 0.3) is 0 Å². The molecule has 0 radical (unpaired) electrons. The van der Waals surface area contributed by atoms with Crippen LogP contribution in [0.4, 0.5) is 0 Å². The topological polar surface area (TPSA) is 45.9 Å². The molecule has 3 aromatic heterocycles. The number of piperazine rings is 1. The van der Waals surface area contributed by atoms with Gasteiger partial charge in [0.1, 0.15) is 11.4 Å². The second kappa shape index (κ2) is 8.49. The van der Waals surface area contributed by atoms with Crippen LogP contribution in [-0.2, 0) is 6.54 Å². The van der Waals surface area contributed by atoms with Crippen molar-refractivity contribution in [3.8, 4) is 17.0 Å². The van der Waals surface area contributed by atoms with Crippen LogP contribution in [0.3, 0.4) is 0 Å². The molecule has 0 aliphatic carbocycles. The number of aromatic nitrogens is 3. The van der Waals surface area contributed by atoms with Gasteiger partial charge in [-0.15, -0.1) is 0 Å². The van der Waals surface area contributed by atoms with Crippen LogP contribution in [-0.4, -0.2) is 58.0 Å². The first-order valence-corrected chi connectivity index (χ1v) is 10.7. The smallest absolute Gasteiger partial charge is 0.137 e. The fourth-order valence-corrected chi connectivity index (χ4v) is 4.42. The number of hydrogen-bond donors (Lipinski definition) is 0. The number of likely N-dealkylation sites (N-methyl/N-ethyl adjacent to an activating group) is 1. The van der Waals surface area contributed by atoms with E-state index < -0.39 is 0 Å². The quantitative estimate of drug-likeness (QED) is 0.497. The van der Waals surface area contributed by atoms with Gasteiger partial charge in [0, 0.05) is 55.9 Å². The lowest BCUT2D eigenvalue weighted by Crippen LogP contribution is -2.46. The van der Waals surface area contributed by atoms with E-state index in [1.807, 2.05) is 36.7 Å². The summed E-state index contributed by atoms with van der Waals surface area (Å²) in [4.78, 5) is 14.1. The van der Waals surface area contributed by atoms with E-state index in [2.05, 4.69) is 62.8 Å². The summed E-state index contributed by atoms with van der Waals surface area (Å²) in [5.74, 6) is 0.952. The zero-order valence-electron chi connectivity index (χ0n) is 18.0. The Balaban J connectivity index is 1.43. The predicted molar refractivity (Wildman–Crippen MR) is 122 cm³/mol. The number of imidazole rings is 1. The van der Waals surface area contributed by atoms with E-state index in [0.29, 0.717) is 0 Å². The Morgan fingerprint density at radius 2 is 1.84 bits per heavy atom. The van der Waals surface area contributed by atoms with Gasteiger partial charge < -0.3 is 4.74 Å². The van der Waals surface area contributed by atoms with Crippen LogP contribution in [0.1, 0.15) is 17.3 Å². The van der Waals surface area contributed by atoms with Crippen molar-refractivity contribution in [1.82, 2.24) is 24.2 Å². The zero-order valence-corrected chi connectivity index (χ0v) is 18.0. The summed E-state index contributed by atoms with van der Waals surface area (Å²) in [5.41, 5.74) is 5.57. The third-order valence-corrected chi connectivity index (χ3v) is 6.15. The lowest BCUT2D eigenvalue weighted by molar-refractivity contribution is 0.0880. The maximum Gasteiger partial charge on any atom is 0.137 e. The highest BCUT2D eigenvalue weighted by molar-refractivity contribution is 5.63. The van der Waals surface area contributed by atoms with Gasteiger partial charge in [0.2, 0.25) is 0 Å². The van der Waals surface area contributed by atoms with Crippen LogP contribution in [0, 0.1) is 0 Å². The second-order valence-corrected chi connectivity index (χ2v) is 8.08. The SMILES string of the molecule is COc1ccccc1CN1CCN(C)C(c2cn3c(-c4ccncc4)cccc3n2)C1. The fraction of sp³-hybridized carbons (Fsp3) is 0.280. The number of rotatable bonds is 5. The van der Waals surface area contributed by atoms with Crippen LogP contribution >= 0.6 is 0 Å². The molecule has 1 unspecified atom stereocenters. The number of pyridine rings is 2. The molecule has 0 spiro atoms. The van der Waals surface area contributed by atoms with E-state index in [9.17, 15) is 0 Å². The largest absolute Gasteiger partial charge is 0.496 e. The molecule has 6 nitrogen and oxygen atoms in total. The number of benzene rings is 1. The maximum absolute atomic E-state index is 5.56. The molecule has 1 fully saturated rings. The molecule has 0 N–H and O–H groups in total. The number of fused-ring (bicyclic) bond motifs is 1. The average Bonchev–Trinajstić information content (AvgIpc) is 3.25. The normalized spacial score (nSPS) is 17.8. The monoisotopic (exact) mass is 413 g/mol. The van der Waals surface area contributed by atoms with Gasteiger partial charge >= 0.3 is 0 Å². The van der Waals surface area contributed by atoms with E-state index in [4.69, 9.17) is 9.72 Å². The van der Waals surface area contributed by atoms with Crippen molar-refractivity contribution in [2.24, 2.45) is 0 Å². The molecule has 6 heteroatoms. The minimum atomic E-state index is 0.244. The first-order valence-electron chi connectivity index (χ1n) is 10.7. The Labute approximate surface area is 182 Å². The predicted octanol–water partition coefficient (Wildman–Crippen LogP) is 3.89. The minimum Gasteiger partial charge on any atom is -0.496 e. The van der Waals surface area contributed by atoms with Crippen molar-refractivity contribution in [1.29, 1.82) is 0 Å². The third-order valence-electron chi connectivity index (χ3n) is 6.15. The minimum absolute atomic E-state index is 0.244. The molecule has 1 saturated heterocycles. The first-order chi connectivity index (χ1) is 15.2. The van der Waals surface area contributed by atoms with Crippen LogP contribution in [0.2, 0.25) is 0 Å². The molecule has 0 saturated carbocycles. The third kappa shape index (κ3) is 3.92. The van der Waals surface area contributed by atoms with E-state index in [-0.39, 0.29) is 6.04 Å². The summed E-state index contributed by atoms with van der Waals surface area (Å²) in [5, 5.41) is 0. The standard InChI is InChI=1S/C25H27N5O/c1-28-14-15-29(16-20-6-3-4-8-24(20)31-2)18-23(28)21-17-30-22(7-5-9-25(30)27-21)19-10-12-26-13-11-19/h3-13,17,23H,14-16,18H2,1-2H3. The summed E-state index contributed by atoms with van der Waals surface area (Å²) in [6.07, 6.45) is 5.85. The van der Waals surface area contributed by atoms with E-state index in [1.54, 1.807) is 7.11 Å². The molecule has 4 aromatic rings. The highest BCUT2D eigenvalue weighted by atomic mass is 16.5. The van der Waals surface area contributed by atoms with Gasteiger partial charge in [0.15, 0.2) is 0 Å². The van der Waals surface area contributed by atoms with Crippen LogP contribution in [0.25, 0.3) is 16.9 Å². The molecule has 1 aliphatic heterocycles. The van der Waals surface area contributed by atoms with Crippen molar-refractivity contribution >= 4 is 5.65 Å². The van der Waals surface area contributed by atoms with E-state index in [0.717, 1.165) is 54.5 Å². The number of methoxy groups -OCH3 is 1. The molecular weight excluding hydrogens is 386 g/mol. The van der Waals surface area contributed by atoms with Crippen LogP contribution in [0.15, 0.2) is 73.2 Å². The van der Waals surface area contributed by atoms with Gasteiger partial charge in [-0.05, 0) is 37.4 Å². The van der Waals surface area contributed by atoms with Gasteiger partial charge in [0.05, 0.1) is 24.5 Å². The van der Waals surface area contributed by atoms with Crippen molar-refractivity contribution in [3.05, 3.63) is 84.4 Å². The summed E-state index contributed by atoms with van der Waals surface area (Å²) >= 11 is 0. The Kier molecular flexibility index (Phi) is 5.40. The van der Waals surface area contributed by atoms with Crippen molar-refractivity contribution in [2.45, 2.75) is 12.6 Å². The fourth-order valence-electron chi connectivity index (χ4n) is 4.42. The Hall–Kier alpha value is -3.22. The molecular formula is C25H27N5O. The highest BCUT2D eigenvalue weighted by Crippen LogP contribution is 2.28. The molecule has 1 aromatic carbocycles. The number of para-hydroxylation sites is 1. The summed E-state index contributed by atoms with van der Waals surface area (Å²) < 4.78 is 7.75. The second-order valence-electron chi connectivity index (χ2n) is 8.08. The lowest BCUT2D eigenvalue weighted by atomic mass is 10.1. The number of nitrogens with zero attached hydrogens (tertiary/aromatic N) is 5. The summed E-state index contributed by atoms with van der Waals surface area (Å²) in [6.45, 7) is 3.85. The van der Waals surface area contributed by atoms with Gasteiger partial charge in [-0.1, -0.05) is 24.3 Å². The van der Waals surface area contributed by atoms with Crippen molar-refractivity contribution < 1.29 is 4.74 Å². The lowest BCUT2D eigenvalue weighted by Gasteiger charge is -2.38. The van der Waals surface area contributed by atoms with E-state index >= 15 is 0 Å². The Morgan fingerprint density at radius 3 is 2.68 bits per heavy atom. The maximum atomic E-state index is 5.56. The molecule has 158 valence electrons. The van der Waals surface area contributed by atoms with Crippen molar-refractivity contribution in [3.63, 3.8) is 0 Å². The van der Waals surface area contributed by atoms with Crippen molar-refractivity contribution in [2.75, 3.05) is 33.8 Å². The van der Waals surface area contributed by atoms with E-state index in [1.165, 1.54) is 5.56 Å². The highest BCUT2D eigenvalue weighted by Gasteiger charge is 2.28. The van der Waals surface area contributed by atoms with Gasteiger partial charge in [-0.25, -0.2) is 4.98 Å². The Morgan fingerprint density at radius 1 is 1.00 bits per heavy atom. The molecule has 31 heavy (non-hydrogen) atoms. The summed E-state index contributed by atoms with van der Waals surface area (Å²) in [6, 6.07) is 18.9. The Bertz CT molecular complexity index is 1170. The molecule has 0 amide bonds. The van der Waals surface area contributed by atoms with Gasteiger partial charge in [-0.3, -0.25) is 19.2 Å². The molecule has 0 bridgehead atoms. The average molecular weight is 414 g/mol. The molecule has 5 rings (SSSR count). The number of ether oxygens (including phenoxy) is 1.